The van der Waals surface area contributed by atoms with E-state index in [9.17, 15) is 13.2 Å². The van der Waals surface area contributed by atoms with E-state index < -0.39 is 21.3 Å². The molecule has 2 saturated carbocycles. The fourth-order valence-corrected chi connectivity index (χ4v) is 6.57. The zero-order valence-electron chi connectivity index (χ0n) is 20.0. The minimum Gasteiger partial charge on any atom is -0.339 e. The van der Waals surface area contributed by atoms with Crippen molar-refractivity contribution >= 4 is 15.9 Å². The van der Waals surface area contributed by atoms with E-state index in [1.807, 2.05) is 44.2 Å². The number of hydrogen-bond acceptors (Lipinski definition) is 7. The molecule has 2 aliphatic carbocycles. The summed E-state index contributed by atoms with van der Waals surface area (Å²) in [6, 6.07) is 9.89. The van der Waals surface area contributed by atoms with Crippen LogP contribution in [0.3, 0.4) is 0 Å². The van der Waals surface area contributed by atoms with Crippen molar-refractivity contribution in [2.75, 3.05) is 25.4 Å². The number of carbonyl (C=O) groups excluding carboxylic acids is 1. The van der Waals surface area contributed by atoms with Crippen LogP contribution in [0.25, 0.3) is 11.4 Å². The minimum absolute atomic E-state index is 0.0152. The van der Waals surface area contributed by atoms with Crippen LogP contribution in [0.1, 0.15) is 52.8 Å². The highest BCUT2D eigenvalue weighted by Crippen LogP contribution is 2.64. The Bertz CT molecular complexity index is 1050. The third-order valence-electron chi connectivity index (χ3n) is 7.60. The van der Waals surface area contributed by atoms with Crippen LogP contribution in [0.5, 0.6) is 0 Å². The number of benzene rings is 1. The molecule has 2 atom stereocenters. The molecule has 0 amide bonds. The summed E-state index contributed by atoms with van der Waals surface area (Å²) in [4.78, 5) is 18.6. The van der Waals surface area contributed by atoms with Gasteiger partial charge in [0.05, 0.1) is 11.2 Å². The number of likely N-dealkylation sites (N-methyl/N-ethyl adjacent to an activating group) is 1. The van der Waals surface area contributed by atoms with Crippen LogP contribution in [0.2, 0.25) is 0 Å². The van der Waals surface area contributed by atoms with Crippen molar-refractivity contribution in [3.05, 3.63) is 36.2 Å². The number of rotatable bonds is 8. The molecule has 2 fully saturated rings. The van der Waals surface area contributed by atoms with Gasteiger partial charge < -0.3 is 9.42 Å². The standard InChI is InChI=1S/C14H19N3O.C10H16O4S/c1-3-17(4-2)11-10-13-15-14(16-18-13)12-8-6-5-7-9-12;1-9(2)7-3-4-10(9,8(11)5-7)6-15(12,13)14/h5-9H,3-4,10-11H2,1-2H3;7H,3-6H2,1-2H3,(H,12,13,14). The molecule has 2 unspecified atom stereocenters. The maximum absolute atomic E-state index is 11.9. The van der Waals surface area contributed by atoms with E-state index >= 15 is 0 Å². The van der Waals surface area contributed by atoms with Crippen molar-refractivity contribution in [3.63, 3.8) is 0 Å². The first kappa shape index (κ1) is 25.5. The number of nitrogens with zero attached hydrogens (tertiary/aromatic N) is 3. The van der Waals surface area contributed by atoms with E-state index in [4.69, 9.17) is 9.08 Å². The fraction of sp³-hybridized carbons (Fsp3) is 0.625. The Morgan fingerprint density at radius 1 is 1.18 bits per heavy atom. The number of ketones is 1. The highest BCUT2D eigenvalue weighted by atomic mass is 32.2. The van der Waals surface area contributed by atoms with Gasteiger partial charge >= 0.3 is 0 Å². The van der Waals surface area contributed by atoms with Gasteiger partial charge in [-0.2, -0.15) is 13.4 Å². The van der Waals surface area contributed by atoms with Gasteiger partial charge in [0.15, 0.2) is 0 Å². The first-order valence-electron chi connectivity index (χ1n) is 11.6. The molecule has 8 nitrogen and oxygen atoms in total. The van der Waals surface area contributed by atoms with E-state index in [-0.39, 0.29) is 17.1 Å². The lowest BCUT2D eigenvalue weighted by atomic mass is 9.70. The van der Waals surface area contributed by atoms with E-state index in [1.165, 1.54) is 0 Å². The second-order valence-corrected chi connectivity index (χ2v) is 11.0. The van der Waals surface area contributed by atoms with Crippen molar-refractivity contribution < 1.29 is 22.3 Å². The van der Waals surface area contributed by atoms with Crippen molar-refractivity contribution in [1.82, 2.24) is 15.0 Å². The van der Waals surface area contributed by atoms with Gasteiger partial charge in [-0.15, -0.1) is 0 Å². The van der Waals surface area contributed by atoms with E-state index in [2.05, 4.69) is 28.9 Å². The smallest absolute Gasteiger partial charge is 0.265 e. The maximum atomic E-state index is 11.9. The third-order valence-corrected chi connectivity index (χ3v) is 8.46. The van der Waals surface area contributed by atoms with Gasteiger partial charge in [0, 0.05) is 24.9 Å². The molecule has 2 aromatic rings. The predicted octanol–water partition coefficient (Wildman–Crippen LogP) is 3.89. The van der Waals surface area contributed by atoms with Gasteiger partial charge in [-0.05, 0) is 37.3 Å². The molecule has 0 saturated heterocycles. The number of Topliss-reactive ketones (excluding diaryl/α,β-unsaturated/α-hetero) is 1. The molecule has 1 aromatic heterocycles. The van der Waals surface area contributed by atoms with Gasteiger partial charge in [-0.25, -0.2) is 0 Å². The second kappa shape index (κ2) is 10.0. The summed E-state index contributed by atoms with van der Waals surface area (Å²) < 4.78 is 36.2. The summed E-state index contributed by atoms with van der Waals surface area (Å²) in [6.07, 6.45) is 2.78. The number of aromatic nitrogens is 2. The van der Waals surface area contributed by atoms with E-state index in [0.29, 0.717) is 24.6 Å². The molecule has 0 aliphatic heterocycles. The average Bonchev–Trinajstić information content (AvgIpc) is 3.38. The van der Waals surface area contributed by atoms with Crippen LogP contribution in [0.15, 0.2) is 34.9 Å². The van der Waals surface area contributed by atoms with Crippen molar-refractivity contribution in [2.24, 2.45) is 16.7 Å². The van der Waals surface area contributed by atoms with Gasteiger partial charge in [0.25, 0.3) is 10.1 Å². The second-order valence-electron chi connectivity index (χ2n) is 9.55. The first-order chi connectivity index (χ1) is 15.5. The molecule has 9 heteroatoms. The van der Waals surface area contributed by atoms with Crippen LogP contribution < -0.4 is 0 Å². The van der Waals surface area contributed by atoms with Crippen LogP contribution in [0.4, 0.5) is 0 Å². The monoisotopic (exact) mass is 477 g/mol. The maximum Gasteiger partial charge on any atom is 0.265 e. The SMILES string of the molecule is CC1(C)C2CCC1(CS(=O)(=O)O)C(=O)C2.CCN(CC)CCc1nc(-c2ccccc2)no1. The molecule has 2 aliphatic rings. The van der Waals surface area contributed by atoms with Crippen molar-refractivity contribution in [1.29, 1.82) is 0 Å². The Labute approximate surface area is 196 Å². The Balaban J connectivity index is 0.000000189. The summed E-state index contributed by atoms with van der Waals surface area (Å²) in [5, 5.41) is 4.01. The summed E-state index contributed by atoms with van der Waals surface area (Å²) in [6.45, 7) is 11.3. The minimum atomic E-state index is -4.08. The fourth-order valence-electron chi connectivity index (χ4n) is 5.27. The molecular formula is C24H35N3O5S. The van der Waals surface area contributed by atoms with Gasteiger partial charge in [-0.1, -0.05) is 63.2 Å². The summed E-state index contributed by atoms with van der Waals surface area (Å²) >= 11 is 0. The zero-order valence-corrected chi connectivity index (χ0v) is 20.8. The first-order valence-corrected chi connectivity index (χ1v) is 13.2. The van der Waals surface area contributed by atoms with Gasteiger partial charge in [-0.3, -0.25) is 9.35 Å². The average molecular weight is 478 g/mol. The number of hydrogen-bond donors (Lipinski definition) is 1. The molecule has 0 radical (unpaired) electrons. The quantitative estimate of drug-likeness (QED) is 0.570. The molecule has 1 N–H and O–H groups in total. The Hall–Kier alpha value is -2.10. The van der Waals surface area contributed by atoms with Gasteiger partial charge in [0.1, 0.15) is 5.78 Å². The van der Waals surface area contributed by atoms with Crippen LogP contribution in [-0.4, -0.2) is 59.2 Å². The highest BCUT2D eigenvalue weighted by Gasteiger charge is 2.65. The molecule has 4 rings (SSSR count). The molecule has 1 aromatic carbocycles. The highest BCUT2D eigenvalue weighted by molar-refractivity contribution is 7.85. The summed E-state index contributed by atoms with van der Waals surface area (Å²) in [5.74, 6) is 1.28. The van der Waals surface area contributed by atoms with E-state index in [1.54, 1.807) is 0 Å². The largest absolute Gasteiger partial charge is 0.339 e. The number of fused-ring (bicyclic) bond motifs is 2. The molecular weight excluding hydrogens is 442 g/mol. The lowest BCUT2D eigenvalue weighted by molar-refractivity contribution is -0.128. The van der Waals surface area contributed by atoms with Crippen molar-refractivity contribution in [3.8, 4) is 11.4 Å². The molecule has 0 spiro atoms. The molecule has 182 valence electrons. The third kappa shape index (κ3) is 5.53. The topological polar surface area (TPSA) is 114 Å². The Morgan fingerprint density at radius 2 is 1.85 bits per heavy atom. The van der Waals surface area contributed by atoms with Crippen molar-refractivity contribution in [2.45, 2.75) is 53.4 Å². The van der Waals surface area contributed by atoms with E-state index in [0.717, 1.165) is 38.0 Å². The normalized spacial score (nSPS) is 23.6. The molecule has 33 heavy (non-hydrogen) atoms. The van der Waals surface area contributed by atoms with Crippen LogP contribution in [-0.2, 0) is 21.3 Å². The Morgan fingerprint density at radius 3 is 2.36 bits per heavy atom. The Kier molecular flexibility index (Phi) is 7.76. The molecule has 1 heterocycles. The van der Waals surface area contributed by atoms with Gasteiger partial charge in [0.2, 0.25) is 11.7 Å². The zero-order chi connectivity index (χ0) is 24.3. The lowest BCUT2D eigenvalue weighted by Crippen LogP contribution is -2.42. The predicted molar refractivity (Wildman–Crippen MR) is 126 cm³/mol. The lowest BCUT2D eigenvalue weighted by Gasteiger charge is -2.35. The molecule has 2 bridgehead atoms. The number of carbonyl (C=O) groups is 1. The van der Waals surface area contributed by atoms with Crippen LogP contribution in [0, 0.1) is 16.7 Å². The summed E-state index contributed by atoms with van der Waals surface area (Å²) in [5.41, 5.74) is -0.124. The van der Waals surface area contributed by atoms with Crippen LogP contribution >= 0.6 is 0 Å². The summed E-state index contributed by atoms with van der Waals surface area (Å²) in [7, 11) is -4.08.